The second kappa shape index (κ2) is 5.12. The topological polar surface area (TPSA) is 59.4 Å². The molecule has 0 saturated heterocycles. The van der Waals surface area contributed by atoms with Gasteiger partial charge in [0.05, 0.1) is 12.8 Å². The molecule has 1 aliphatic carbocycles. The van der Waals surface area contributed by atoms with E-state index in [9.17, 15) is 9.18 Å². The molecule has 1 N–H and O–H groups in total. The van der Waals surface area contributed by atoms with Crippen molar-refractivity contribution in [2.45, 2.75) is 25.7 Å². The molecular weight excluding hydrogens is 225 g/mol. The van der Waals surface area contributed by atoms with Gasteiger partial charge in [0.25, 0.3) is 0 Å². The Balaban J connectivity index is 2.06. The minimum Gasteiger partial charge on any atom is -0.477 e. The van der Waals surface area contributed by atoms with Crippen molar-refractivity contribution in [3.63, 3.8) is 0 Å². The average Bonchev–Trinajstić information content (AvgIpc) is 2.80. The van der Waals surface area contributed by atoms with E-state index in [1.807, 2.05) is 0 Å². The molecule has 5 heteroatoms. The summed E-state index contributed by atoms with van der Waals surface area (Å²) >= 11 is 0. The van der Waals surface area contributed by atoms with Crippen molar-refractivity contribution in [3.8, 4) is 5.88 Å². The van der Waals surface area contributed by atoms with Crippen molar-refractivity contribution in [1.29, 1.82) is 0 Å². The van der Waals surface area contributed by atoms with E-state index in [-0.39, 0.29) is 11.4 Å². The molecule has 92 valence electrons. The summed E-state index contributed by atoms with van der Waals surface area (Å²) in [5.74, 6) is -1.43. The van der Waals surface area contributed by atoms with E-state index in [0.717, 1.165) is 25.1 Å². The number of carboxylic acids is 1. The first kappa shape index (κ1) is 11.8. The molecule has 2 rings (SSSR count). The number of pyridine rings is 1. The first-order chi connectivity index (χ1) is 8.16. The van der Waals surface area contributed by atoms with Crippen molar-refractivity contribution in [3.05, 3.63) is 23.6 Å². The third kappa shape index (κ3) is 2.93. The molecule has 0 radical (unpaired) electrons. The van der Waals surface area contributed by atoms with Crippen LogP contribution in [0.4, 0.5) is 4.39 Å². The number of hydrogen-bond acceptors (Lipinski definition) is 3. The molecule has 0 aromatic carbocycles. The normalized spacial score (nSPS) is 16.1. The minimum atomic E-state index is -1.22. The highest BCUT2D eigenvalue weighted by atomic mass is 19.1. The molecule has 0 atom stereocenters. The highest BCUT2D eigenvalue weighted by Crippen LogP contribution is 2.26. The monoisotopic (exact) mass is 239 g/mol. The third-order valence-electron chi connectivity index (χ3n) is 2.98. The van der Waals surface area contributed by atoms with Gasteiger partial charge in [0.15, 0.2) is 0 Å². The predicted molar refractivity (Wildman–Crippen MR) is 58.6 cm³/mol. The molecule has 1 aromatic heterocycles. The Morgan fingerprint density at radius 2 is 2.24 bits per heavy atom. The molecule has 0 spiro atoms. The summed E-state index contributed by atoms with van der Waals surface area (Å²) in [5.41, 5.74) is -0.219. The number of halogens is 1. The van der Waals surface area contributed by atoms with Crippen molar-refractivity contribution < 1.29 is 19.0 Å². The van der Waals surface area contributed by atoms with Crippen LogP contribution < -0.4 is 4.74 Å². The van der Waals surface area contributed by atoms with E-state index < -0.39 is 11.8 Å². The van der Waals surface area contributed by atoms with Gasteiger partial charge in [0.1, 0.15) is 11.4 Å². The summed E-state index contributed by atoms with van der Waals surface area (Å²) in [4.78, 5) is 14.6. The second-order valence-corrected chi connectivity index (χ2v) is 4.27. The van der Waals surface area contributed by atoms with E-state index in [4.69, 9.17) is 9.84 Å². The van der Waals surface area contributed by atoms with Crippen molar-refractivity contribution in [2.75, 3.05) is 6.61 Å². The van der Waals surface area contributed by atoms with Crippen LogP contribution in [0.2, 0.25) is 0 Å². The maximum atomic E-state index is 12.9. The molecule has 0 amide bonds. The quantitative estimate of drug-likeness (QED) is 0.876. The molecule has 1 fully saturated rings. The first-order valence-electron chi connectivity index (χ1n) is 5.68. The van der Waals surface area contributed by atoms with Crippen LogP contribution in [0.5, 0.6) is 5.88 Å². The van der Waals surface area contributed by atoms with Gasteiger partial charge in [0.2, 0.25) is 5.88 Å². The third-order valence-corrected chi connectivity index (χ3v) is 2.98. The highest BCUT2D eigenvalue weighted by Gasteiger charge is 2.19. The lowest BCUT2D eigenvalue weighted by Crippen LogP contribution is -2.12. The molecular formula is C12H14FNO3. The van der Waals surface area contributed by atoms with Crippen molar-refractivity contribution >= 4 is 5.97 Å². The fourth-order valence-electron chi connectivity index (χ4n) is 2.07. The molecule has 0 unspecified atom stereocenters. The molecule has 1 aromatic rings. The van der Waals surface area contributed by atoms with Crippen molar-refractivity contribution in [2.24, 2.45) is 5.92 Å². The van der Waals surface area contributed by atoms with Crippen LogP contribution in [-0.2, 0) is 0 Å². The zero-order valence-electron chi connectivity index (χ0n) is 9.36. The predicted octanol–water partition coefficient (Wildman–Crippen LogP) is 2.49. The summed E-state index contributed by atoms with van der Waals surface area (Å²) < 4.78 is 18.2. The fraction of sp³-hybridized carbons (Fsp3) is 0.500. The van der Waals surface area contributed by atoms with Crippen LogP contribution >= 0.6 is 0 Å². The van der Waals surface area contributed by atoms with E-state index in [1.165, 1.54) is 12.8 Å². The molecule has 1 heterocycles. The second-order valence-electron chi connectivity index (χ2n) is 4.27. The summed E-state index contributed by atoms with van der Waals surface area (Å²) in [6, 6.07) is 0.930. The van der Waals surface area contributed by atoms with Gasteiger partial charge in [-0.25, -0.2) is 14.2 Å². The van der Waals surface area contributed by atoms with Gasteiger partial charge in [-0.1, -0.05) is 12.8 Å². The highest BCUT2D eigenvalue weighted by molar-refractivity contribution is 5.90. The number of carbonyl (C=O) groups is 1. The van der Waals surface area contributed by atoms with Crippen LogP contribution in [-0.4, -0.2) is 22.7 Å². The van der Waals surface area contributed by atoms with E-state index >= 15 is 0 Å². The SMILES string of the molecule is O=C(O)c1cc(F)cnc1OCC1CCCC1. The zero-order valence-corrected chi connectivity index (χ0v) is 9.36. The molecule has 0 bridgehead atoms. The lowest BCUT2D eigenvalue weighted by atomic mass is 10.1. The average molecular weight is 239 g/mol. The van der Waals surface area contributed by atoms with Crippen LogP contribution in [0, 0.1) is 11.7 Å². The number of rotatable bonds is 4. The largest absolute Gasteiger partial charge is 0.477 e. The Hall–Kier alpha value is -1.65. The van der Waals surface area contributed by atoms with Crippen LogP contribution in [0.15, 0.2) is 12.3 Å². The van der Waals surface area contributed by atoms with Crippen LogP contribution in [0.1, 0.15) is 36.0 Å². The summed E-state index contributed by atoms with van der Waals surface area (Å²) in [5, 5.41) is 8.90. The summed E-state index contributed by atoms with van der Waals surface area (Å²) in [6.45, 7) is 0.457. The van der Waals surface area contributed by atoms with Crippen LogP contribution in [0.3, 0.4) is 0 Å². The molecule has 1 aliphatic rings. The molecule has 17 heavy (non-hydrogen) atoms. The Morgan fingerprint density at radius 3 is 2.88 bits per heavy atom. The van der Waals surface area contributed by atoms with E-state index in [0.29, 0.717) is 12.5 Å². The van der Waals surface area contributed by atoms with Crippen molar-refractivity contribution in [1.82, 2.24) is 4.98 Å². The summed E-state index contributed by atoms with van der Waals surface area (Å²) in [7, 11) is 0. The number of carboxylic acid groups (broad SMARTS) is 1. The lowest BCUT2D eigenvalue weighted by molar-refractivity contribution is 0.0689. The standard InChI is InChI=1S/C12H14FNO3/c13-9-5-10(12(15)16)11(14-6-9)17-7-8-3-1-2-4-8/h5-6,8H,1-4,7H2,(H,15,16). The molecule has 4 nitrogen and oxygen atoms in total. The van der Waals surface area contributed by atoms with Gasteiger partial charge in [-0.2, -0.15) is 0 Å². The smallest absolute Gasteiger partial charge is 0.341 e. The lowest BCUT2D eigenvalue weighted by Gasteiger charge is -2.11. The van der Waals surface area contributed by atoms with E-state index in [1.54, 1.807) is 0 Å². The van der Waals surface area contributed by atoms with Gasteiger partial charge >= 0.3 is 5.97 Å². The number of ether oxygens (including phenoxy) is 1. The van der Waals surface area contributed by atoms with E-state index in [2.05, 4.69) is 4.98 Å². The molecule has 0 aliphatic heterocycles. The Bertz CT molecular complexity index is 416. The van der Waals surface area contributed by atoms with Gasteiger partial charge in [-0.3, -0.25) is 0 Å². The Morgan fingerprint density at radius 1 is 1.53 bits per heavy atom. The minimum absolute atomic E-state index is 0.00537. The number of aromatic nitrogens is 1. The van der Waals surface area contributed by atoms with Gasteiger partial charge in [-0.15, -0.1) is 0 Å². The summed E-state index contributed by atoms with van der Waals surface area (Å²) in [6.07, 6.45) is 5.55. The number of hydrogen-bond donors (Lipinski definition) is 1. The Kier molecular flexibility index (Phi) is 3.56. The van der Waals surface area contributed by atoms with Gasteiger partial charge in [-0.05, 0) is 24.8 Å². The van der Waals surface area contributed by atoms with Gasteiger partial charge in [0, 0.05) is 0 Å². The Labute approximate surface area is 98.4 Å². The maximum Gasteiger partial charge on any atom is 0.341 e. The number of nitrogens with zero attached hydrogens (tertiary/aromatic N) is 1. The molecule has 1 saturated carbocycles. The van der Waals surface area contributed by atoms with Crippen LogP contribution in [0.25, 0.3) is 0 Å². The zero-order chi connectivity index (χ0) is 12.3. The maximum absolute atomic E-state index is 12.9. The number of aromatic carboxylic acids is 1. The first-order valence-corrected chi connectivity index (χ1v) is 5.68. The van der Waals surface area contributed by atoms with Gasteiger partial charge < -0.3 is 9.84 Å². The fourth-order valence-corrected chi connectivity index (χ4v) is 2.07.